The SMILES string of the molecule is CCCCOc1cccc(C2C(C(=O)OC(C)C)=C(C)Nc3nc(SCc4ccccc4Cl)nn32)c1. The number of thioether (sulfide) groups is 1. The fraction of sp³-hybridized carbons (Fsp3) is 0.370. The molecular formula is C27H31ClN4O3S. The van der Waals surface area contributed by atoms with Crippen molar-refractivity contribution in [3.8, 4) is 5.75 Å². The highest BCUT2D eigenvalue weighted by molar-refractivity contribution is 7.98. The van der Waals surface area contributed by atoms with Gasteiger partial charge < -0.3 is 14.8 Å². The normalized spacial score (nSPS) is 15.0. The standard InChI is InChI=1S/C27H31ClN4O3S/c1-5-6-14-34-21-12-9-11-19(15-21)24-23(25(33)35-17(2)3)18(4)29-26-30-27(31-32(24)26)36-16-20-10-7-8-13-22(20)28/h7-13,15,17,24H,5-6,14,16H2,1-4H3,(H,29,30,31). The first-order chi connectivity index (χ1) is 17.4. The summed E-state index contributed by atoms with van der Waals surface area (Å²) in [4.78, 5) is 17.9. The molecule has 1 aliphatic rings. The molecule has 0 bridgehead atoms. The summed E-state index contributed by atoms with van der Waals surface area (Å²) in [6, 6.07) is 15.0. The summed E-state index contributed by atoms with van der Waals surface area (Å²) >= 11 is 7.82. The third kappa shape index (κ3) is 6.05. The summed E-state index contributed by atoms with van der Waals surface area (Å²) in [6.45, 7) is 8.31. The molecule has 0 fully saturated rings. The fourth-order valence-electron chi connectivity index (χ4n) is 3.91. The quantitative estimate of drug-likeness (QED) is 0.180. The number of nitrogens with zero attached hydrogens (tertiary/aromatic N) is 3. The van der Waals surface area contributed by atoms with Crippen LogP contribution in [-0.2, 0) is 15.3 Å². The lowest BCUT2D eigenvalue weighted by Gasteiger charge is -2.28. The van der Waals surface area contributed by atoms with Crippen molar-refractivity contribution >= 4 is 35.3 Å². The molecule has 2 aromatic carbocycles. The highest BCUT2D eigenvalue weighted by Gasteiger charge is 2.35. The van der Waals surface area contributed by atoms with Crippen molar-refractivity contribution in [1.82, 2.24) is 14.8 Å². The van der Waals surface area contributed by atoms with Crippen molar-refractivity contribution in [3.63, 3.8) is 0 Å². The first-order valence-electron chi connectivity index (χ1n) is 12.1. The van der Waals surface area contributed by atoms with Gasteiger partial charge in [-0.15, -0.1) is 5.10 Å². The Balaban J connectivity index is 1.69. The number of esters is 1. The van der Waals surface area contributed by atoms with Crippen molar-refractivity contribution in [1.29, 1.82) is 0 Å². The van der Waals surface area contributed by atoms with Crippen LogP contribution in [0.25, 0.3) is 0 Å². The number of aromatic nitrogens is 3. The molecule has 0 radical (unpaired) electrons. The van der Waals surface area contributed by atoms with Gasteiger partial charge in [0.05, 0.1) is 18.3 Å². The molecule has 0 saturated carbocycles. The Morgan fingerprint density at radius 2 is 2.03 bits per heavy atom. The Bertz CT molecular complexity index is 1260. The second kappa shape index (κ2) is 11.8. The van der Waals surface area contributed by atoms with Gasteiger partial charge in [0.15, 0.2) is 0 Å². The van der Waals surface area contributed by atoms with E-state index in [1.807, 2.05) is 69.3 Å². The zero-order chi connectivity index (χ0) is 25.7. The predicted octanol–water partition coefficient (Wildman–Crippen LogP) is 6.64. The number of halogens is 1. The lowest BCUT2D eigenvalue weighted by molar-refractivity contribution is -0.143. The number of ether oxygens (including phenoxy) is 2. The van der Waals surface area contributed by atoms with Crippen molar-refractivity contribution in [2.45, 2.75) is 63.6 Å². The number of rotatable bonds is 10. The number of benzene rings is 2. The Morgan fingerprint density at radius 1 is 1.22 bits per heavy atom. The largest absolute Gasteiger partial charge is 0.494 e. The first-order valence-corrected chi connectivity index (χ1v) is 13.5. The molecule has 1 unspecified atom stereocenters. The average Bonchev–Trinajstić information content (AvgIpc) is 3.25. The van der Waals surface area contributed by atoms with Gasteiger partial charge in [-0.25, -0.2) is 9.48 Å². The van der Waals surface area contributed by atoms with E-state index in [9.17, 15) is 4.79 Å². The summed E-state index contributed by atoms with van der Waals surface area (Å²) in [6.07, 6.45) is 1.78. The minimum absolute atomic E-state index is 0.249. The van der Waals surface area contributed by atoms with Crippen LogP contribution in [0.5, 0.6) is 5.75 Å². The molecule has 7 nitrogen and oxygen atoms in total. The summed E-state index contributed by atoms with van der Waals surface area (Å²) in [5.41, 5.74) is 3.06. The van der Waals surface area contributed by atoms with Gasteiger partial charge in [-0.3, -0.25) is 0 Å². The van der Waals surface area contributed by atoms with Gasteiger partial charge in [-0.1, -0.05) is 67.0 Å². The molecule has 0 saturated heterocycles. The van der Waals surface area contributed by atoms with Crippen LogP contribution in [0.2, 0.25) is 5.02 Å². The van der Waals surface area contributed by atoms with Crippen LogP contribution in [0.3, 0.4) is 0 Å². The van der Waals surface area contributed by atoms with Gasteiger partial charge in [-0.2, -0.15) is 4.98 Å². The maximum Gasteiger partial charge on any atom is 0.338 e. The Kier molecular flexibility index (Phi) is 8.59. The third-order valence-corrected chi connectivity index (χ3v) is 6.91. The number of nitrogens with one attached hydrogen (secondary N) is 1. The van der Waals surface area contributed by atoms with E-state index in [4.69, 9.17) is 31.2 Å². The zero-order valence-corrected chi connectivity index (χ0v) is 22.5. The minimum Gasteiger partial charge on any atom is -0.494 e. The molecule has 3 aromatic rings. The van der Waals surface area contributed by atoms with E-state index in [1.54, 1.807) is 4.68 Å². The Labute approximate surface area is 221 Å². The molecular weight excluding hydrogens is 496 g/mol. The number of anilines is 1. The van der Waals surface area contributed by atoms with E-state index in [0.717, 1.165) is 29.7 Å². The Morgan fingerprint density at radius 3 is 2.78 bits per heavy atom. The third-order valence-electron chi connectivity index (χ3n) is 5.65. The van der Waals surface area contributed by atoms with Gasteiger partial charge in [0.25, 0.3) is 0 Å². The molecule has 190 valence electrons. The maximum absolute atomic E-state index is 13.2. The highest BCUT2D eigenvalue weighted by atomic mass is 35.5. The fourth-order valence-corrected chi connectivity index (χ4v) is 5.02. The predicted molar refractivity (Wildman–Crippen MR) is 144 cm³/mol. The van der Waals surface area contributed by atoms with Crippen molar-refractivity contribution in [2.24, 2.45) is 0 Å². The molecule has 1 N–H and O–H groups in total. The molecule has 1 aliphatic heterocycles. The first kappa shape index (κ1) is 26.1. The van der Waals surface area contributed by atoms with E-state index in [2.05, 4.69) is 12.2 Å². The monoisotopic (exact) mass is 526 g/mol. The molecule has 0 aliphatic carbocycles. The highest BCUT2D eigenvalue weighted by Crippen LogP contribution is 2.38. The Hall–Kier alpha value is -2.97. The van der Waals surface area contributed by atoms with Gasteiger partial charge >= 0.3 is 5.97 Å². The topological polar surface area (TPSA) is 78.3 Å². The number of carbonyl (C=O) groups excluding carboxylic acids is 1. The van der Waals surface area contributed by atoms with Gasteiger partial charge in [0.2, 0.25) is 11.1 Å². The zero-order valence-electron chi connectivity index (χ0n) is 21.0. The van der Waals surface area contributed by atoms with Crippen LogP contribution in [0.1, 0.15) is 57.7 Å². The van der Waals surface area contributed by atoms with Crippen LogP contribution in [0.15, 0.2) is 65.0 Å². The van der Waals surface area contributed by atoms with Crippen molar-refractivity contribution in [3.05, 3.63) is 76.0 Å². The summed E-state index contributed by atoms with van der Waals surface area (Å²) in [7, 11) is 0. The van der Waals surface area contributed by atoms with E-state index in [1.165, 1.54) is 11.8 Å². The number of hydrogen-bond acceptors (Lipinski definition) is 7. The molecule has 4 rings (SSSR count). The molecule has 9 heteroatoms. The second-order valence-corrected chi connectivity index (χ2v) is 10.2. The van der Waals surface area contributed by atoms with Gasteiger partial charge in [0, 0.05) is 16.5 Å². The lowest BCUT2D eigenvalue weighted by atomic mass is 9.95. The molecule has 36 heavy (non-hydrogen) atoms. The number of allylic oxidation sites excluding steroid dienone is 1. The van der Waals surface area contributed by atoms with Crippen LogP contribution in [-0.4, -0.2) is 33.4 Å². The maximum atomic E-state index is 13.2. The molecule has 1 aromatic heterocycles. The number of unbranched alkanes of at least 4 members (excludes halogenated alkanes) is 1. The van der Waals surface area contributed by atoms with Gasteiger partial charge in [0.1, 0.15) is 11.8 Å². The van der Waals surface area contributed by atoms with Gasteiger partial charge in [-0.05, 0) is 56.5 Å². The van der Waals surface area contributed by atoms with E-state index < -0.39 is 6.04 Å². The molecule has 2 heterocycles. The van der Waals surface area contributed by atoms with E-state index in [0.29, 0.717) is 39.8 Å². The summed E-state index contributed by atoms with van der Waals surface area (Å²) < 4.78 is 13.3. The smallest absolute Gasteiger partial charge is 0.338 e. The number of carbonyl (C=O) groups is 1. The van der Waals surface area contributed by atoms with Crippen LogP contribution in [0.4, 0.5) is 5.95 Å². The molecule has 1 atom stereocenters. The van der Waals surface area contributed by atoms with Crippen molar-refractivity contribution in [2.75, 3.05) is 11.9 Å². The number of fused-ring (bicyclic) bond motifs is 1. The average molecular weight is 527 g/mol. The summed E-state index contributed by atoms with van der Waals surface area (Å²) in [5, 5.41) is 9.33. The van der Waals surface area contributed by atoms with Crippen LogP contribution < -0.4 is 10.1 Å². The van der Waals surface area contributed by atoms with Crippen LogP contribution in [0, 0.1) is 0 Å². The van der Waals surface area contributed by atoms with Crippen molar-refractivity contribution < 1.29 is 14.3 Å². The second-order valence-electron chi connectivity index (χ2n) is 8.84. The number of hydrogen-bond donors (Lipinski definition) is 1. The van der Waals surface area contributed by atoms with E-state index in [-0.39, 0.29) is 12.1 Å². The summed E-state index contributed by atoms with van der Waals surface area (Å²) in [5.74, 6) is 1.56. The van der Waals surface area contributed by atoms with E-state index >= 15 is 0 Å². The molecule has 0 amide bonds. The van der Waals surface area contributed by atoms with Crippen LogP contribution >= 0.6 is 23.4 Å². The lowest BCUT2D eigenvalue weighted by Crippen LogP contribution is -2.30. The molecule has 0 spiro atoms. The minimum atomic E-state index is -0.510.